The third-order valence-corrected chi connectivity index (χ3v) is 2.02. The van der Waals surface area contributed by atoms with Gasteiger partial charge in [-0.15, -0.1) is 0 Å². The van der Waals surface area contributed by atoms with Crippen LogP contribution in [-0.2, 0) is 4.79 Å². The summed E-state index contributed by atoms with van der Waals surface area (Å²) in [6.07, 6.45) is 0.508. The maximum atomic E-state index is 11.5. The lowest BCUT2D eigenvalue weighted by Crippen LogP contribution is -2.37. The SMILES string of the molecule is CC(C)N1C(=O)NC(CCN)C1=O. The molecule has 74 valence electrons. The second kappa shape index (κ2) is 3.74. The molecule has 1 aliphatic rings. The summed E-state index contributed by atoms with van der Waals surface area (Å²) in [7, 11) is 0. The molecule has 13 heavy (non-hydrogen) atoms. The molecule has 5 nitrogen and oxygen atoms in total. The molecular formula is C8H15N3O2. The Morgan fingerprint density at radius 2 is 2.15 bits per heavy atom. The molecule has 1 aliphatic heterocycles. The van der Waals surface area contributed by atoms with Gasteiger partial charge in [-0.1, -0.05) is 0 Å². The number of nitrogens with one attached hydrogen (secondary N) is 1. The van der Waals surface area contributed by atoms with E-state index in [0.29, 0.717) is 13.0 Å². The summed E-state index contributed by atoms with van der Waals surface area (Å²) in [4.78, 5) is 24.0. The highest BCUT2D eigenvalue weighted by Crippen LogP contribution is 2.11. The standard InChI is InChI=1S/C8H15N3O2/c1-5(2)11-7(12)6(3-4-9)10-8(11)13/h5-6H,3-4,9H2,1-2H3,(H,10,13). The topological polar surface area (TPSA) is 75.4 Å². The van der Waals surface area contributed by atoms with Crippen molar-refractivity contribution in [3.8, 4) is 0 Å². The summed E-state index contributed by atoms with van der Waals surface area (Å²) < 4.78 is 0. The van der Waals surface area contributed by atoms with Crippen LogP contribution in [0.3, 0.4) is 0 Å². The van der Waals surface area contributed by atoms with Crippen molar-refractivity contribution in [2.45, 2.75) is 32.4 Å². The first-order valence-electron chi connectivity index (χ1n) is 4.41. The van der Waals surface area contributed by atoms with Crippen molar-refractivity contribution in [3.05, 3.63) is 0 Å². The predicted octanol–water partition coefficient (Wildman–Crippen LogP) is -0.336. The van der Waals surface area contributed by atoms with E-state index in [0.717, 1.165) is 0 Å². The van der Waals surface area contributed by atoms with E-state index >= 15 is 0 Å². The van der Waals surface area contributed by atoms with Crippen LogP contribution in [0.25, 0.3) is 0 Å². The number of nitrogens with zero attached hydrogens (tertiary/aromatic N) is 1. The Bertz CT molecular complexity index is 227. The lowest BCUT2D eigenvalue weighted by Gasteiger charge is -2.16. The number of nitrogens with two attached hydrogens (primary N) is 1. The molecule has 3 N–H and O–H groups in total. The highest BCUT2D eigenvalue weighted by atomic mass is 16.2. The van der Waals surface area contributed by atoms with Crippen molar-refractivity contribution in [2.24, 2.45) is 5.73 Å². The van der Waals surface area contributed by atoms with Gasteiger partial charge in [0.1, 0.15) is 6.04 Å². The van der Waals surface area contributed by atoms with Crippen LogP contribution in [0.4, 0.5) is 4.79 Å². The van der Waals surface area contributed by atoms with Gasteiger partial charge in [-0.05, 0) is 26.8 Å². The number of urea groups is 1. The van der Waals surface area contributed by atoms with E-state index in [1.165, 1.54) is 4.90 Å². The predicted molar refractivity (Wildman–Crippen MR) is 48.0 cm³/mol. The highest BCUT2D eigenvalue weighted by molar-refractivity contribution is 6.04. The van der Waals surface area contributed by atoms with Crippen molar-refractivity contribution in [2.75, 3.05) is 6.54 Å². The van der Waals surface area contributed by atoms with Gasteiger partial charge in [0.2, 0.25) is 0 Å². The van der Waals surface area contributed by atoms with Crippen LogP contribution in [0.5, 0.6) is 0 Å². The zero-order valence-corrected chi connectivity index (χ0v) is 7.91. The Kier molecular flexibility index (Phi) is 2.87. The normalized spacial score (nSPS) is 22.8. The second-order valence-electron chi connectivity index (χ2n) is 3.38. The quantitative estimate of drug-likeness (QED) is 0.591. The van der Waals surface area contributed by atoms with E-state index in [1.54, 1.807) is 0 Å². The van der Waals surface area contributed by atoms with Crippen LogP contribution in [0.2, 0.25) is 0 Å². The molecule has 1 unspecified atom stereocenters. The van der Waals surface area contributed by atoms with Crippen LogP contribution in [0.15, 0.2) is 0 Å². The van der Waals surface area contributed by atoms with Crippen molar-refractivity contribution in [1.29, 1.82) is 0 Å². The van der Waals surface area contributed by atoms with E-state index in [2.05, 4.69) is 5.32 Å². The van der Waals surface area contributed by atoms with E-state index in [-0.39, 0.29) is 18.0 Å². The van der Waals surface area contributed by atoms with Gasteiger partial charge < -0.3 is 11.1 Å². The number of hydrogen-bond donors (Lipinski definition) is 2. The Balaban J connectivity index is 2.70. The van der Waals surface area contributed by atoms with Crippen molar-refractivity contribution in [1.82, 2.24) is 10.2 Å². The van der Waals surface area contributed by atoms with Crippen LogP contribution in [-0.4, -0.2) is 35.5 Å². The van der Waals surface area contributed by atoms with Gasteiger partial charge in [0.25, 0.3) is 5.91 Å². The monoisotopic (exact) mass is 185 g/mol. The Morgan fingerprint density at radius 1 is 1.54 bits per heavy atom. The highest BCUT2D eigenvalue weighted by Gasteiger charge is 2.38. The largest absolute Gasteiger partial charge is 0.330 e. The molecule has 0 aliphatic carbocycles. The van der Waals surface area contributed by atoms with Gasteiger partial charge >= 0.3 is 6.03 Å². The van der Waals surface area contributed by atoms with Crippen LogP contribution < -0.4 is 11.1 Å². The summed E-state index contributed by atoms with van der Waals surface area (Å²) in [6, 6.07) is -0.811. The van der Waals surface area contributed by atoms with Crippen LogP contribution in [0.1, 0.15) is 20.3 Å². The lowest BCUT2D eigenvalue weighted by atomic mass is 10.2. The Morgan fingerprint density at radius 3 is 2.54 bits per heavy atom. The third-order valence-electron chi connectivity index (χ3n) is 2.02. The van der Waals surface area contributed by atoms with E-state index in [1.807, 2.05) is 13.8 Å². The molecule has 0 saturated carbocycles. The average Bonchev–Trinajstić information content (AvgIpc) is 2.28. The average molecular weight is 185 g/mol. The van der Waals surface area contributed by atoms with Crippen LogP contribution >= 0.6 is 0 Å². The smallest absolute Gasteiger partial charge is 0.325 e. The summed E-state index contributed by atoms with van der Waals surface area (Å²) in [6.45, 7) is 4.02. The van der Waals surface area contributed by atoms with Gasteiger partial charge in [0.05, 0.1) is 0 Å². The molecule has 1 saturated heterocycles. The number of imide groups is 1. The lowest BCUT2D eigenvalue weighted by molar-refractivity contribution is -0.128. The van der Waals surface area contributed by atoms with Crippen molar-refractivity contribution in [3.63, 3.8) is 0 Å². The summed E-state index contributed by atoms with van der Waals surface area (Å²) in [5, 5.41) is 2.59. The summed E-state index contributed by atoms with van der Waals surface area (Å²) in [5.41, 5.74) is 5.32. The number of carbonyl (C=O) groups excluding carboxylic acids is 2. The molecule has 5 heteroatoms. The fraction of sp³-hybridized carbons (Fsp3) is 0.750. The van der Waals surface area contributed by atoms with Gasteiger partial charge in [-0.3, -0.25) is 9.69 Å². The molecule has 0 radical (unpaired) electrons. The molecule has 1 rings (SSSR count). The molecule has 0 aromatic rings. The number of rotatable bonds is 3. The second-order valence-corrected chi connectivity index (χ2v) is 3.38. The minimum Gasteiger partial charge on any atom is -0.330 e. The van der Waals surface area contributed by atoms with Gasteiger partial charge in [-0.25, -0.2) is 4.79 Å². The van der Waals surface area contributed by atoms with E-state index in [4.69, 9.17) is 5.73 Å². The number of hydrogen-bond acceptors (Lipinski definition) is 3. The van der Waals surface area contributed by atoms with Gasteiger partial charge in [0.15, 0.2) is 0 Å². The Labute approximate surface area is 77.3 Å². The minimum absolute atomic E-state index is 0.0877. The third kappa shape index (κ3) is 1.80. The fourth-order valence-corrected chi connectivity index (χ4v) is 1.40. The Hall–Kier alpha value is -1.10. The molecule has 1 fully saturated rings. The first-order valence-corrected chi connectivity index (χ1v) is 4.41. The van der Waals surface area contributed by atoms with Crippen LogP contribution in [0, 0.1) is 0 Å². The van der Waals surface area contributed by atoms with Crippen molar-refractivity contribution < 1.29 is 9.59 Å². The van der Waals surface area contributed by atoms with Crippen molar-refractivity contribution >= 4 is 11.9 Å². The maximum absolute atomic E-state index is 11.5. The minimum atomic E-state index is -0.417. The molecule has 1 atom stereocenters. The van der Waals surface area contributed by atoms with Gasteiger partial charge in [-0.2, -0.15) is 0 Å². The molecule has 3 amide bonds. The zero-order valence-electron chi connectivity index (χ0n) is 7.91. The molecular weight excluding hydrogens is 170 g/mol. The molecule has 1 heterocycles. The van der Waals surface area contributed by atoms with E-state index in [9.17, 15) is 9.59 Å². The summed E-state index contributed by atoms with van der Waals surface area (Å²) in [5.74, 6) is -0.162. The maximum Gasteiger partial charge on any atom is 0.325 e. The molecule has 0 bridgehead atoms. The summed E-state index contributed by atoms with van der Waals surface area (Å²) >= 11 is 0. The first kappa shape index (κ1) is 9.98. The molecule has 0 aromatic carbocycles. The number of carbonyl (C=O) groups is 2. The molecule has 0 aromatic heterocycles. The van der Waals surface area contributed by atoms with E-state index < -0.39 is 6.04 Å². The first-order chi connectivity index (χ1) is 6.07. The molecule has 0 spiro atoms. The zero-order chi connectivity index (χ0) is 10.0. The van der Waals surface area contributed by atoms with Gasteiger partial charge in [0, 0.05) is 6.04 Å². The number of amides is 3. The fourth-order valence-electron chi connectivity index (χ4n) is 1.40.